The highest BCUT2D eigenvalue weighted by Gasteiger charge is 2.22. The van der Waals surface area contributed by atoms with Gasteiger partial charge in [0.1, 0.15) is 5.75 Å². The third kappa shape index (κ3) is 5.48. The maximum Gasteiger partial charge on any atom is 0.338 e. The van der Waals surface area contributed by atoms with Gasteiger partial charge in [0.15, 0.2) is 23.6 Å². The number of esters is 1. The number of amides is 1. The van der Waals surface area contributed by atoms with Crippen molar-refractivity contribution in [2.75, 3.05) is 11.9 Å². The maximum atomic E-state index is 13.6. The van der Waals surface area contributed by atoms with E-state index in [0.29, 0.717) is 18.4 Å². The predicted octanol–water partition coefficient (Wildman–Crippen LogP) is 4.47. The first kappa shape index (κ1) is 21.3. The first-order chi connectivity index (χ1) is 13.3. The van der Waals surface area contributed by atoms with Gasteiger partial charge in [-0.25, -0.2) is 18.0 Å². The second kappa shape index (κ2) is 9.77. The summed E-state index contributed by atoms with van der Waals surface area (Å²) in [5.74, 6) is -5.68. The van der Waals surface area contributed by atoms with Crippen LogP contribution in [0.25, 0.3) is 0 Å². The monoisotopic (exact) mass is 395 g/mol. The van der Waals surface area contributed by atoms with E-state index in [0.717, 1.165) is 18.9 Å². The molecule has 0 fully saturated rings. The van der Waals surface area contributed by atoms with Gasteiger partial charge in [-0.2, -0.15) is 0 Å². The Kier molecular flexibility index (Phi) is 7.43. The Bertz CT molecular complexity index is 840. The number of carbonyl (C=O) groups excluding carboxylic acids is 2. The molecule has 2 rings (SSSR count). The lowest BCUT2D eigenvalue weighted by Gasteiger charge is -2.14. The standard InChI is InChI=1S/C20H20F3NO4/c1-3-4-11-27-14-7-5-13(6-8-14)20(26)28-12(2)19(25)24-16-10-9-15(21)17(22)18(16)23/h5-10,12H,3-4,11H2,1-2H3,(H,24,25)/t12-/m1/s1. The Balaban J connectivity index is 1.94. The fourth-order valence-corrected chi connectivity index (χ4v) is 2.16. The summed E-state index contributed by atoms with van der Waals surface area (Å²) >= 11 is 0. The molecule has 0 spiro atoms. The Hall–Kier alpha value is -3.03. The molecule has 1 atom stereocenters. The first-order valence-corrected chi connectivity index (χ1v) is 8.71. The van der Waals surface area contributed by atoms with Gasteiger partial charge < -0.3 is 14.8 Å². The maximum absolute atomic E-state index is 13.6. The van der Waals surface area contributed by atoms with E-state index in [-0.39, 0.29) is 5.56 Å². The number of rotatable bonds is 8. The minimum Gasteiger partial charge on any atom is -0.494 e. The van der Waals surface area contributed by atoms with Crippen LogP contribution in [0.4, 0.5) is 18.9 Å². The molecule has 0 unspecified atom stereocenters. The van der Waals surface area contributed by atoms with Crippen LogP contribution in [0.1, 0.15) is 37.0 Å². The lowest BCUT2D eigenvalue weighted by Crippen LogP contribution is -2.30. The van der Waals surface area contributed by atoms with Gasteiger partial charge in [0.25, 0.3) is 5.91 Å². The summed E-state index contributed by atoms with van der Waals surface area (Å²) in [5, 5.41) is 2.05. The van der Waals surface area contributed by atoms with Crippen LogP contribution >= 0.6 is 0 Å². The van der Waals surface area contributed by atoms with Crippen molar-refractivity contribution in [1.82, 2.24) is 0 Å². The molecule has 0 aromatic heterocycles. The highest BCUT2D eigenvalue weighted by atomic mass is 19.2. The fourth-order valence-electron chi connectivity index (χ4n) is 2.16. The minimum absolute atomic E-state index is 0.196. The molecule has 0 aliphatic carbocycles. The molecule has 2 aromatic rings. The Morgan fingerprint density at radius 1 is 1.04 bits per heavy atom. The zero-order valence-corrected chi connectivity index (χ0v) is 15.4. The van der Waals surface area contributed by atoms with Gasteiger partial charge in [0, 0.05) is 0 Å². The normalized spacial score (nSPS) is 11.6. The second-order valence-corrected chi connectivity index (χ2v) is 5.99. The Labute approximate surface area is 160 Å². The van der Waals surface area contributed by atoms with Crippen LogP contribution in [-0.4, -0.2) is 24.6 Å². The number of hydrogen-bond donors (Lipinski definition) is 1. The van der Waals surface area contributed by atoms with Crippen molar-refractivity contribution in [2.24, 2.45) is 0 Å². The van der Waals surface area contributed by atoms with E-state index in [4.69, 9.17) is 9.47 Å². The van der Waals surface area contributed by atoms with Crippen molar-refractivity contribution in [3.8, 4) is 5.75 Å². The molecule has 2 aromatic carbocycles. The topological polar surface area (TPSA) is 64.6 Å². The van der Waals surface area contributed by atoms with E-state index < -0.39 is 41.1 Å². The van der Waals surface area contributed by atoms with Crippen molar-refractivity contribution in [1.29, 1.82) is 0 Å². The molecule has 5 nitrogen and oxygen atoms in total. The number of hydrogen-bond acceptors (Lipinski definition) is 4. The molecule has 28 heavy (non-hydrogen) atoms. The van der Waals surface area contributed by atoms with Gasteiger partial charge in [-0.3, -0.25) is 4.79 Å². The summed E-state index contributed by atoms with van der Waals surface area (Å²) in [4.78, 5) is 24.2. The first-order valence-electron chi connectivity index (χ1n) is 8.71. The number of ether oxygens (including phenoxy) is 2. The van der Waals surface area contributed by atoms with Crippen LogP contribution in [0.15, 0.2) is 36.4 Å². The Morgan fingerprint density at radius 3 is 2.36 bits per heavy atom. The quantitative estimate of drug-likeness (QED) is 0.407. The SMILES string of the molecule is CCCCOc1ccc(C(=O)O[C@H](C)C(=O)Nc2ccc(F)c(F)c2F)cc1. The van der Waals surface area contributed by atoms with Crippen LogP contribution in [0.5, 0.6) is 5.75 Å². The average molecular weight is 395 g/mol. The fraction of sp³-hybridized carbons (Fsp3) is 0.300. The molecule has 1 N–H and O–H groups in total. The molecular formula is C20H20F3NO4. The van der Waals surface area contributed by atoms with Crippen molar-refractivity contribution >= 4 is 17.6 Å². The van der Waals surface area contributed by atoms with Gasteiger partial charge in [0.05, 0.1) is 17.9 Å². The van der Waals surface area contributed by atoms with Gasteiger partial charge >= 0.3 is 5.97 Å². The number of carbonyl (C=O) groups is 2. The van der Waals surface area contributed by atoms with E-state index in [1.807, 2.05) is 6.92 Å². The Morgan fingerprint density at radius 2 is 1.71 bits per heavy atom. The predicted molar refractivity (Wildman–Crippen MR) is 96.7 cm³/mol. The number of unbranched alkanes of at least 4 members (excludes halogenated alkanes) is 1. The average Bonchev–Trinajstić information content (AvgIpc) is 2.69. The molecule has 0 aliphatic rings. The molecule has 0 saturated carbocycles. The van der Waals surface area contributed by atoms with Crippen LogP contribution in [-0.2, 0) is 9.53 Å². The highest BCUT2D eigenvalue weighted by molar-refractivity contribution is 5.97. The molecule has 8 heteroatoms. The molecule has 0 saturated heterocycles. The van der Waals surface area contributed by atoms with Crippen LogP contribution in [0.3, 0.4) is 0 Å². The summed E-state index contributed by atoms with van der Waals surface area (Å²) in [6, 6.07) is 7.74. The van der Waals surface area contributed by atoms with E-state index in [9.17, 15) is 22.8 Å². The summed E-state index contributed by atoms with van der Waals surface area (Å²) < 4.78 is 50.3. The van der Waals surface area contributed by atoms with Crippen molar-refractivity contribution < 1.29 is 32.2 Å². The van der Waals surface area contributed by atoms with Crippen molar-refractivity contribution in [3.63, 3.8) is 0 Å². The van der Waals surface area contributed by atoms with Crippen LogP contribution in [0, 0.1) is 17.5 Å². The lowest BCUT2D eigenvalue weighted by atomic mass is 10.2. The molecule has 0 bridgehead atoms. The van der Waals surface area contributed by atoms with Gasteiger partial charge in [-0.15, -0.1) is 0 Å². The largest absolute Gasteiger partial charge is 0.494 e. The summed E-state index contributed by atoms with van der Waals surface area (Å²) in [6.45, 7) is 3.88. The van der Waals surface area contributed by atoms with Crippen molar-refractivity contribution in [2.45, 2.75) is 32.8 Å². The molecular weight excluding hydrogens is 375 g/mol. The number of benzene rings is 2. The summed E-state index contributed by atoms with van der Waals surface area (Å²) in [6.07, 6.45) is 0.619. The van der Waals surface area contributed by atoms with Gasteiger partial charge in [0.2, 0.25) is 0 Å². The molecule has 0 aliphatic heterocycles. The third-order valence-electron chi connectivity index (χ3n) is 3.80. The summed E-state index contributed by atoms with van der Waals surface area (Å²) in [7, 11) is 0. The summed E-state index contributed by atoms with van der Waals surface area (Å²) in [5.41, 5.74) is -0.359. The zero-order chi connectivity index (χ0) is 20.7. The lowest BCUT2D eigenvalue weighted by molar-refractivity contribution is -0.123. The molecule has 0 radical (unpaired) electrons. The molecule has 0 heterocycles. The molecule has 150 valence electrons. The number of halogens is 3. The van der Waals surface area contributed by atoms with E-state index in [1.54, 1.807) is 12.1 Å². The van der Waals surface area contributed by atoms with Crippen molar-refractivity contribution in [3.05, 3.63) is 59.4 Å². The van der Waals surface area contributed by atoms with Gasteiger partial charge in [-0.1, -0.05) is 13.3 Å². The van der Waals surface area contributed by atoms with E-state index >= 15 is 0 Å². The second-order valence-electron chi connectivity index (χ2n) is 5.99. The molecule has 1 amide bonds. The van der Waals surface area contributed by atoms with Crippen LogP contribution in [0.2, 0.25) is 0 Å². The third-order valence-corrected chi connectivity index (χ3v) is 3.80. The number of anilines is 1. The number of nitrogens with one attached hydrogen (secondary N) is 1. The minimum atomic E-state index is -1.70. The van der Waals surface area contributed by atoms with E-state index in [2.05, 4.69) is 5.32 Å². The highest BCUT2D eigenvalue weighted by Crippen LogP contribution is 2.20. The van der Waals surface area contributed by atoms with E-state index in [1.165, 1.54) is 19.1 Å². The van der Waals surface area contributed by atoms with Gasteiger partial charge in [-0.05, 0) is 49.7 Å². The smallest absolute Gasteiger partial charge is 0.338 e. The van der Waals surface area contributed by atoms with Crippen LogP contribution < -0.4 is 10.1 Å². The zero-order valence-electron chi connectivity index (χ0n) is 15.4.